The van der Waals surface area contributed by atoms with Gasteiger partial charge in [0.15, 0.2) is 0 Å². The van der Waals surface area contributed by atoms with Crippen molar-refractivity contribution in [3.05, 3.63) is 28.2 Å². The summed E-state index contributed by atoms with van der Waals surface area (Å²) in [5, 5.41) is 14.5. The Morgan fingerprint density at radius 2 is 2.06 bits per heavy atom. The number of aryl methyl sites for hydroxylation is 1. The van der Waals surface area contributed by atoms with E-state index in [1.807, 2.05) is 6.92 Å². The molecule has 1 aromatic rings. The van der Waals surface area contributed by atoms with Gasteiger partial charge in [0, 0.05) is 6.07 Å². The third-order valence-electron chi connectivity index (χ3n) is 3.23. The Balaban J connectivity index is 2.19. The van der Waals surface area contributed by atoms with Gasteiger partial charge in [0.2, 0.25) is 0 Å². The summed E-state index contributed by atoms with van der Waals surface area (Å²) in [7, 11) is 0. The van der Waals surface area contributed by atoms with Crippen LogP contribution in [0.25, 0.3) is 0 Å². The maximum atomic E-state index is 11.6. The van der Waals surface area contributed by atoms with Gasteiger partial charge in [-0.05, 0) is 25.8 Å². The molecule has 0 unspecified atom stereocenters. The highest BCUT2D eigenvalue weighted by Crippen LogP contribution is 2.28. The second-order valence-corrected chi connectivity index (χ2v) is 4.76. The van der Waals surface area contributed by atoms with Crippen LogP contribution in [0.4, 0.5) is 0 Å². The number of aromatic nitrogens is 2. The standard InChI is InChI=1S/C12H18N2O2/c1-10-5-6-11(15)14(13-10)9-12(16)7-3-2-4-8-12/h5-6,16H,2-4,7-9H2,1H3. The fourth-order valence-electron chi connectivity index (χ4n) is 2.31. The van der Waals surface area contributed by atoms with Crippen molar-refractivity contribution in [2.45, 2.75) is 51.2 Å². The van der Waals surface area contributed by atoms with Gasteiger partial charge >= 0.3 is 0 Å². The summed E-state index contributed by atoms with van der Waals surface area (Å²) >= 11 is 0. The molecule has 0 atom stereocenters. The van der Waals surface area contributed by atoms with Gasteiger partial charge in [0.1, 0.15) is 0 Å². The number of hydrogen-bond donors (Lipinski definition) is 1. The van der Waals surface area contributed by atoms with Crippen molar-refractivity contribution in [1.82, 2.24) is 9.78 Å². The Bertz CT molecular complexity index is 419. The molecule has 0 amide bonds. The number of hydrogen-bond acceptors (Lipinski definition) is 3. The Labute approximate surface area is 94.9 Å². The molecule has 1 N–H and O–H groups in total. The summed E-state index contributed by atoms with van der Waals surface area (Å²) in [6, 6.07) is 3.21. The molecule has 1 fully saturated rings. The number of aliphatic hydroxyl groups is 1. The van der Waals surface area contributed by atoms with Crippen molar-refractivity contribution in [1.29, 1.82) is 0 Å². The number of rotatable bonds is 2. The summed E-state index contributed by atoms with van der Waals surface area (Å²) < 4.78 is 1.39. The normalized spacial score (nSPS) is 19.6. The smallest absolute Gasteiger partial charge is 0.266 e. The predicted octanol–water partition coefficient (Wildman–Crippen LogP) is 1.25. The zero-order valence-electron chi connectivity index (χ0n) is 9.65. The molecule has 1 heterocycles. The monoisotopic (exact) mass is 222 g/mol. The van der Waals surface area contributed by atoms with E-state index in [0.717, 1.165) is 31.4 Å². The molecule has 0 aliphatic heterocycles. The second kappa shape index (κ2) is 4.37. The average Bonchev–Trinajstić information content (AvgIpc) is 2.24. The quantitative estimate of drug-likeness (QED) is 0.819. The molecule has 16 heavy (non-hydrogen) atoms. The van der Waals surface area contributed by atoms with Crippen LogP contribution in [-0.2, 0) is 6.54 Å². The topological polar surface area (TPSA) is 55.1 Å². The first-order valence-electron chi connectivity index (χ1n) is 5.86. The van der Waals surface area contributed by atoms with Gasteiger partial charge in [-0.3, -0.25) is 4.79 Å². The highest BCUT2D eigenvalue weighted by molar-refractivity contribution is 4.98. The van der Waals surface area contributed by atoms with E-state index in [1.54, 1.807) is 6.07 Å². The number of nitrogens with zero attached hydrogens (tertiary/aromatic N) is 2. The summed E-state index contributed by atoms with van der Waals surface area (Å²) in [6.45, 7) is 2.17. The van der Waals surface area contributed by atoms with E-state index in [1.165, 1.54) is 17.2 Å². The minimum absolute atomic E-state index is 0.135. The molecule has 2 rings (SSSR count). The van der Waals surface area contributed by atoms with Crippen molar-refractivity contribution in [3.8, 4) is 0 Å². The first-order valence-corrected chi connectivity index (χ1v) is 5.86. The molecule has 4 nitrogen and oxygen atoms in total. The minimum atomic E-state index is -0.733. The highest BCUT2D eigenvalue weighted by Gasteiger charge is 2.30. The van der Waals surface area contributed by atoms with Crippen molar-refractivity contribution >= 4 is 0 Å². The van der Waals surface area contributed by atoms with Crippen molar-refractivity contribution in [2.75, 3.05) is 0 Å². The van der Waals surface area contributed by atoms with Crippen LogP contribution in [0.2, 0.25) is 0 Å². The summed E-state index contributed by atoms with van der Waals surface area (Å²) in [5.41, 5.74) is -0.0633. The Kier molecular flexibility index (Phi) is 3.10. The van der Waals surface area contributed by atoms with Crippen LogP contribution in [0.3, 0.4) is 0 Å². The zero-order valence-corrected chi connectivity index (χ0v) is 9.65. The fourth-order valence-corrected chi connectivity index (χ4v) is 2.31. The van der Waals surface area contributed by atoms with E-state index in [4.69, 9.17) is 0 Å². The van der Waals surface area contributed by atoms with Crippen molar-refractivity contribution < 1.29 is 5.11 Å². The lowest BCUT2D eigenvalue weighted by molar-refractivity contribution is -0.0155. The molecular formula is C12H18N2O2. The van der Waals surface area contributed by atoms with Gasteiger partial charge in [-0.25, -0.2) is 4.68 Å². The van der Waals surface area contributed by atoms with Crippen LogP contribution in [0.1, 0.15) is 37.8 Å². The van der Waals surface area contributed by atoms with Gasteiger partial charge in [0.05, 0.1) is 17.8 Å². The zero-order chi connectivity index (χ0) is 11.6. The van der Waals surface area contributed by atoms with Crippen molar-refractivity contribution in [2.24, 2.45) is 0 Å². The molecule has 1 saturated carbocycles. The molecule has 0 aromatic carbocycles. The predicted molar refractivity (Wildman–Crippen MR) is 61.3 cm³/mol. The Hall–Kier alpha value is -1.16. The van der Waals surface area contributed by atoms with Gasteiger partial charge in [-0.1, -0.05) is 19.3 Å². The lowest BCUT2D eigenvalue weighted by atomic mass is 9.85. The van der Waals surface area contributed by atoms with E-state index < -0.39 is 5.60 Å². The molecule has 0 saturated heterocycles. The third kappa shape index (κ3) is 2.50. The van der Waals surface area contributed by atoms with E-state index in [2.05, 4.69) is 5.10 Å². The fraction of sp³-hybridized carbons (Fsp3) is 0.667. The third-order valence-corrected chi connectivity index (χ3v) is 3.23. The van der Waals surface area contributed by atoms with Crippen LogP contribution in [0.15, 0.2) is 16.9 Å². The average molecular weight is 222 g/mol. The van der Waals surface area contributed by atoms with Crippen molar-refractivity contribution in [3.63, 3.8) is 0 Å². The molecule has 1 aliphatic rings. The molecule has 88 valence electrons. The lowest BCUT2D eigenvalue weighted by Gasteiger charge is -2.31. The van der Waals surface area contributed by atoms with Crippen LogP contribution in [0, 0.1) is 6.92 Å². The molecule has 1 aliphatic carbocycles. The summed E-state index contributed by atoms with van der Waals surface area (Å²) in [5.74, 6) is 0. The summed E-state index contributed by atoms with van der Waals surface area (Å²) in [4.78, 5) is 11.6. The van der Waals surface area contributed by atoms with Crippen LogP contribution in [-0.4, -0.2) is 20.5 Å². The van der Waals surface area contributed by atoms with Crippen LogP contribution < -0.4 is 5.56 Å². The molecule has 0 radical (unpaired) electrons. The van der Waals surface area contributed by atoms with E-state index in [9.17, 15) is 9.90 Å². The minimum Gasteiger partial charge on any atom is -0.388 e. The molecule has 0 bridgehead atoms. The molecule has 0 spiro atoms. The van der Waals surface area contributed by atoms with Crippen LogP contribution in [0.5, 0.6) is 0 Å². The molecule has 4 heteroatoms. The summed E-state index contributed by atoms with van der Waals surface area (Å²) in [6.07, 6.45) is 4.80. The van der Waals surface area contributed by atoms with Gasteiger partial charge in [-0.15, -0.1) is 0 Å². The van der Waals surface area contributed by atoms with Gasteiger partial charge < -0.3 is 5.11 Å². The second-order valence-electron chi connectivity index (χ2n) is 4.76. The maximum Gasteiger partial charge on any atom is 0.266 e. The molecule has 1 aromatic heterocycles. The Morgan fingerprint density at radius 3 is 2.75 bits per heavy atom. The van der Waals surface area contributed by atoms with Gasteiger partial charge in [-0.2, -0.15) is 5.10 Å². The maximum absolute atomic E-state index is 11.6. The first kappa shape index (κ1) is 11.3. The van der Waals surface area contributed by atoms with Gasteiger partial charge in [0.25, 0.3) is 5.56 Å². The van der Waals surface area contributed by atoms with E-state index >= 15 is 0 Å². The lowest BCUT2D eigenvalue weighted by Crippen LogP contribution is -2.40. The first-order chi connectivity index (χ1) is 7.59. The SMILES string of the molecule is Cc1ccc(=O)n(CC2(O)CCCCC2)n1. The highest BCUT2D eigenvalue weighted by atomic mass is 16.3. The largest absolute Gasteiger partial charge is 0.388 e. The molecular weight excluding hydrogens is 204 g/mol. The Morgan fingerprint density at radius 1 is 1.38 bits per heavy atom. The van der Waals surface area contributed by atoms with E-state index in [-0.39, 0.29) is 5.56 Å². The van der Waals surface area contributed by atoms with Crippen LogP contribution >= 0.6 is 0 Å². The van der Waals surface area contributed by atoms with E-state index in [0.29, 0.717) is 6.54 Å².